The summed E-state index contributed by atoms with van der Waals surface area (Å²) in [5.41, 5.74) is 3.37. The maximum Gasteiger partial charge on any atom is 0.264 e. The number of nitrogens with zero attached hydrogens (tertiary/aromatic N) is 1. The van der Waals surface area contributed by atoms with Crippen LogP contribution in [0.15, 0.2) is 109 Å². The second-order valence-corrected chi connectivity index (χ2v) is 25.1. The molecule has 2 aliphatic carbocycles. The van der Waals surface area contributed by atoms with E-state index in [2.05, 4.69) is 78.9 Å². The molecule has 2 heterocycles. The lowest BCUT2D eigenvalue weighted by atomic mass is 9.68. The number of nitrogens with one attached hydrogen (secondary N) is 1. The smallest absolute Gasteiger partial charge is 0.264 e. The van der Waals surface area contributed by atoms with Crippen LogP contribution in [-0.2, 0) is 31.0 Å². The Balaban J connectivity index is 1.12. The number of allylic oxidation sites excluding steroid dienone is 1. The van der Waals surface area contributed by atoms with Gasteiger partial charge in [-0.25, -0.2) is 13.1 Å². The Labute approximate surface area is 362 Å². The summed E-state index contributed by atoms with van der Waals surface area (Å²) in [6.45, 7) is 8.83. The van der Waals surface area contributed by atoms with Crippen LogP contribution in [0.3, 0.4) is 0 Å². The van der Waals surface area contributed by atoms with Crippen molar-refractivity contribution in [2.45, 2.75) is 93.9 Å². The predicted octanol–water partition coefficient (Wildman–Crippen LogP) is 8.60. The van der Waals surface area contributed by atoms with E-state index in [1.165, 1.54) is 11.1 Å². The fraction of sp³-hybridized carbons (Fsp3) is 0.449. The lowest BCUT2D eigenvalue weighted by Crippen LogP contribution is -2.66. The van der Waals surface area contributed by atoms with E-state index in [1.54, 1.807) is 13.2 Å². The Morgan fingerprint density at radius 1 is 0.950 bits per heavy atom. The molecule has 318 valence electrons. The van der Waals surface area contributed by atoms with Gasteiger partial charge in [-0.1, -0.05) is 111 Å². The summed E-state index contributed by atoms with van der Waals surface area (Å²) >= 11 is 6.50. The number of amides is 1. The van der Waals surface area contributed by atoms with Gasteiger partial charge in [-0.05, 0) is 120 Å². The third-order valence-corrected chi connectivity index (χ3v) is 20.9. The highest BCUT2D eigenvalue weighted by molar-refractivity contribution is 7.90. The summed E-state index contributed by atoms with van der Waals surface area (Å²) in [6.07, 6.45) is 10.3. The van der Waals surface area contributed by atoms with Gasteiger partial charge in [0.1, 0.15) is 5.75 Å². The van der Waals surface area contributed by atoms with Crippen molar-refractivity contribution >= 4 is 51.9 Å². The van der Waals surface area contributed by atoms with Gasteiger partial charge in [0, 0.05) is 42.8 Å². The summed E-state index contributed by atoms with van der Waals surface area (Å²) in [5, 5.41) is 1.85. The summed E-state index contributed by atoms with van der Waals surface area (Å²) in [7, 11) is -5.29. The molecule has 4 aromatic carbocycles. The lowest BCUT2D eigenvalue weighted by molar-refractivity contribution is 0.0132. The van der Waals surface area contributed by atoms with E-state index in [9.17, 15) is 13.2 Å². The minimum Gasteiger partial charge on any atom is -0.490 e. The molecule has 8 rings (SSSR count). The standard InChI is InChI=1S/C49H59ClN2O6SSi/c1-48(2,3)60(40-16-7-5-8-17-40,41-18-9-6-10-19-41)58-29-27-39-15-11-12-20-45(56-4)42-24-21-37(42)32-52-33-49(28-13-14-35-30-38(50)23-25-43(35)49)34-57-46-26-22-36(31-44(46)52)47(53)51-59(39,54)55/h5-10,12,16-20,22-23,25-26,30-31,37,39,42,45H,11,13-15,21,24,27-29,32-34H2,1-4H3,(H,51,53)/b20-12-/t37-,39-,42+,45-,49-/m0/s1. The highest BCUT2D eigenvalue weighted by Crippen LogP contribution is 2.47. The summed E-state index contributed by atoms with van der Waals surface area (Å²) in [4.78, 5) is 16.6. The first-order chi connectivity index (χ1) is 28.8. The van der Waals surface area contributed by atoms with Crippen molar-refractivity contribution in [2.75, 3.05) is 38.3 Å². The molecule has 0 unspecified atom stereocenters. The third kappa shape index (κ3) is 8.35. The van der Waals surface area contributed by atoms with Crippen LogP contribution in [0.2, 0.25) is 10.1 Å². The van der Waals surface area contributed by atoms with Gasteiger partial charge in [0.2, 0.25) is 10.0 Å². The van der Waals surface area contributed by atoms with Gasteiger partial charge in [-0.15, -0.1) is 0 Å². The lowest BCUT2D eigenvalue weighted by Gasteiger charge is -2.46. The summed E-state index contributed by atoms with van der Waals surface area (Å²) in [6, 6.07) is 32.3. The molecule has 1 N–H and O–H groups in total. The molecule has 1 amide bonds. The number of rotatable bonds is 7. The first-order valence-corrected chi connectivity index (χ1v) is 25.5. The molecule has 0 radical (unpaired) electrons. The molecule has 60 heavy (non-hydrogen) atoms. The molecule has 1 fully saturated rings. The molecule has 1 saturated carbocycles. The fourth-order valence-electron chi connectivity index (χ4n) is 10.5. The topological polar surface area (TPSA) is 94.2 Å². The number of aryl methyl sites for hydroxylation is 1. The van der Waals surface area contributed by atoms with Crippen molar-refractivity contribution in [1.82, 2.24) is 4.72 Å². The van der Waals surface area contributed by atoms with Crippen LogP contribution in [0.4, 0.5) is 5.69 Å². The van der Waals surface area contributed by atoms with Crippen LogP contribution >= 0.6 is 11.6 Å². The quantitative estimate of drug-likeness (QED) is 0.147. The monoisotopic (exact) mass is 866 g/mol. The van der Waals surface area contributed by atoms with Gasteiger partial charge in [-0.2, -0.15) is 0 Å². The largest absolute Gasteiger partial charge is 0.490 e. The van der Waals surface area contributed by atoms with Crippen LogP contribution in [0, 0.1) is 11.8 Å². The number of carbonyl (C=O) groups is 1. The minimum absolute atomic E-state index is 0.0922. The normalized spacial score (nSPS) is 26.1. The maximum absolute atomic E-state index is 14.4. The molecule has 0 saturated heterocycles. The number of hydrogen-bond acceptors (Lipinski definition) is 7. The Hall–Kier alpha value is -3.93. The molecule has 1 spiro atoms. The molecule has 5 atom stereocenters. The average Bonchev–Trinajstić information content (AvgIpc) is 3.37. The molecule has 2 aliphatic heterocycles. The number of ether oxygens (including phenoxy) is 2. The molecule has 8 nitrogen and oxygen atoms in total. The zero-order valence-electron chi connectivity index (χ0n) is 35.4. The molecule has 4 aliphatic rings. The van der Waals surface area contributed by atoms with E-state index < -0.39 is 29.5 Å². The van der Waals surface area contributed by atoms with Gasteiger partial charge in [0.15, 0.2) is 0 Å². The zero-order valence-corrected chi connectivity index (χ0v) is 37.9. The van der Waals surface area contributed by atoms with Crippen molar-refractivity contribution in [3.05, 3.63) is 131 Å². The molecule has 2 bridgehead atoms. The fourth-order valence-corrected chi connectivity index (χ4v) is 16.7. The number of anilines is 1. The first kappa shape index (κ1) is 42.7. The Morgan fingerprint density at radius 3 is 2.35 bits per heavy atom. The second kappa shape index (κ2) is 17.4. The van der Waals surface area contributed by atoms with E-state index in [-0.39, 0.29) is 35.1 Å². The van der Waals surface area contributed by atoms with Gasteiger partial charge < -0.3 is 18.8 Å². The van der Waals surface area contributed by atoms with Crippen molar-refractivity contribution in [3.8, 4) is 5.75 Å². The average molecular weight is 868 g/mol. The SMILES string of the molecule is CO[C@H]1/C=C\CC[C@@H](CCO[Si](c2ccccc2)(c2ccccc2)C(C)(C)C)S(=O)(=O)NC(=O)c2ccc3c(c2)N(C[C@@H]2CC[C@H]21)C[C@@]1(CCCc2cc(Cl)ccc21)CO3. The number of methoxy groups -OCH3 is 1. The van der Waals surface area contributed by atoms with E-state index in [4.69, 9.17) is 25.5 Å². The maximum atomic E-state index is 14.4. The predicted molar refractivity (Wildman–Crippen MR) is 244 cm³/mol. The zero-order chi connectivity index (χ0) is 42.1. The number of fused-ring (bicyclic) bond motifs is 4. The number of sulfonamides is 1. The number of carbonyl (C=O) groups excluding carboxylic acids is 1. The van der Waals surface area contributed by atoms with Crippen LogP contribution in [0.5, 0.6) is 5.75 Å². The Morgan fingerprint density at radius 2 is 1.68 bits per heavy atom. The van der Waals surface area contributed by atoms with E-state index in [1.807, 2.05) is 54.6 Å². The van der Waals surface area contributed by atoms with Crippen molar-refractivity contribution < 1.29 is 27.1 Å². The summed E-state index contributed by atoms with van der Waals surface area (Å²) < 4.78 is 51.4. The third-order valence-electron chi connectivity index (χ3n) is 13.8. The van der Waals surface area contributed by atoms with E-state index in [0.717, 1.165) is 59.7 Å². The van der Waals surface area contributed by atoms with Gasteiger partial charge in [0.05, 0.1) is 23.6 Å². The van der Waals surface area contributed by atoms with E-state index >= 15 is 0 Å². The Bertz CT molecular complexity index is 2260. The van der Waals surface area contributed by atoms with Crippen LogP contribution in [0.1, 0.15) is 87.2 Å². The van der Waals surface area contributed by atoms with Gasteiger partial charge >= 0.3 is 0 Å². The van der Waals surface area contributed by atoms with Crippen molar-refractivity contribution in [3.63, 3.8) is 0 Å². The van der Waals surface area contributed by atoms with Gasteiger partial charge in [0.25, 0.3) is 14.2 Å². The Kier molecular flexibility index (Phi) is 12.4. The van der Waals surface area contributed by atoms with Crippen molar-refractivity contribution in [1.29, 1.82) is 0 Å². The minimum atomic E-state index is -4.14. The molecule has 0 aromatic heterocycles. The highest BCUT2D eigenvalue weighted by Gasteiger charge is 2.50. The van der Waals surface area contributed by atoms with Crippen LogP contribution < -0.4 is 24.7 Å². The number of benzene rings is 4. The summed E-state index contributed by atoms with van der Waals surface area (Å²) in [5.74, 6) is 0.737. The van der Waals surface area contributed by atoms with Crippen LogP contribution in [0.25, 0.3) is 0 Å². The molecular weight excluding hydrogens is 808 g/mol. The van der Waals surface area contributed by atoms with Crippen LogP contribution in [-0.4, -0.2) is 67.4 Å². The van der Waals surface area contributed by atoms with Crippen molar-refractivity contribution in [2.24, 2.45) is 11.8 Å². The van der Waals surface area contributed by atoms with E-state index in [0.29, 0.717) is 43.6 Å². The van der Waals surface area contributed by atoms with Gasteiger partial charge in [-0.3, -0.25) is 4.79 Å². The molecular formula is C49H59ClN2O6SSi. The highest BCUT2D eigenvalue weighted by atomic mass is 35.5. The first-order valence-electron chi connectivity index (χ1n) is 21.6. The second-order valence-electron chi connectivity index (χ2n) is 18.4. The number of halogens is 1. The molecule has 11 heteroatoms. The molecule has 4 aromatic rings. The number of hydrogen-bond donors (Lipinski definition) is 1.